The zero-order valence-electron chi connectivity index (χ0n) is 13.4. The first-order valence-corrected chi connectivity index (χ1v) is 8.97. The number of carbonyl (C=O) groups is 2. The third kappa shape index (κ3) is 3.30. The van der Waals surface area contributed by atoms with Crippen LogP contribution in [0, 0.1) is 5.92 Å². The van der Waals surface area contributed by atoms with Crippen LogP contribution in [0.4, 0.5) is 0 Å². The number of rotatable bonds is 7. The fraction of sp³-hybridized carbons (Fsp3) is 0.867. The van der Waals surface area contributed by atoms with Crippen LogP contribution in [0.25, 0.3) is 0 Å². The molecule has 1 heterocycles. The number of hydrogen-bond acceptors (Lipinski definition) is 3. The molecule has 0 aliphatic carbocycles. The van der Waals surface area contributed by atoms with E-state index in [0.29, 0.717) is 31.7 Å². The van der Waals surface area contributed by atoms with Crippen molar-refractivity contribution < 1.29 is 9.59 Å². The van der Waals surface area contributed by atoms with Gasteiger partial charge < -0.3 is 10.2 Å². The summed E-state index contributed by atoms with van der Waals surface area (Å²) in [5.74, 6) is 1.52. The molecule has 2 amide bonds. The van der Waals surface area contributed by atoms with Gasteiger partial charge in [0.25, 0.3) is 0 Å². The molecule has 0 aromatic heterocycles. The third-order valence-corrected chi connectivity index (χ3v) is 5.17. The molecule has 1 rings (SSSR count). The van der Waals surface area contributed by atoms with Crippen LogP contribution in [0.2, 0.25) is 0 Å². The summed E-state index contributed by atoms with van der Waals surface area (Å²) >= 11 is 1.78. The van der Waals surface area contributed by atoms with Crippen LogP contribution in [0.3, 0.4) is 0 Å². The molecule has 1 N–H and O–H groups in total. The van der Waals surface area contributed by atoms with Crippen molar-refractivity contribution in [3.8, 4) is 0 Å². The highest BCUT2D eigenvalue weighted by Crippen LogP contribution is 2.27. The van der Waals surface area contributed by atoms with Crippen LogP contribution in [-0.2, 0) is 9.59 Å². The van der Waals surface area contributed by atoms with Gasteiger partial charge in [-0.3, -0.25) is 9.59 Å². The van der Waals surface area contributed by atoms with Crippen molar-refractivity contribution in [3.63, 3.8) is 0 Å². The van der Waals surface area contributed by atoms with E-state index < -0.39 is 5.54 Å². The second-order valence-corrected chi connectivity index (χ2v) is 6.63. The van der Waals surface area contributed by atoms with Crippen molar-refractivity contribution in [2.45, 2.75) is 58.5 Å². The molecule has 1 aliphatic rings. The fourth-order valence-electron chi connectivity index (χ4n) is 2.95. The molecular formula is C15H28N2O2S. The topological polar surface area (TPSA) is 49.4 Å². The predicted molar refractivity (Wildman–Crippen MR) is 84.8 cm³/mol. The predicted octanol–water partition coefficient (Wildman–Crippen LogP) is 2.28. The maximum Gasteiger partial charge on any atom is 0.248 e. The lowest BCUT2D eigenvalue weighted by molar-refractivity contribution is -0.156. The molecule has 2 unspecified atom stereocenters. The van der Waals surface area contributed by atoms with E-state index in [1.54, 1.807) is 11.8 Å². The van der Waals surface area contributed by atoms with Crippen molar-refractivity contribution >= 4 is 23.6 Å². The Kier molecular flexibility index (Phi) is 6.37. The molecule has 0 aromatic carbocycles. The van der Waals surface area contributed by atoms with Crippen LogP contribution >= 0.6 is 11.8 Å². The van der Waals surface area contributed by atoms with Crippen molar-refractivity contribution in [3.05, 3.63) is 0 Å². The second kappa shape index (κ2) is 7.34. The highest BCUT2D eigenvalue weighted by Gasteiger charge is 2.48. The van der Waals surface area contributed by atoms with E-state index >= 15 is 0 Å². The number of nitrogens with zero attached hydrogens (tertiary/aromatic N) is 1. The van der Waals surface area contributed by atoms with E-state index in [9.17, 15) is 9.59 Å². The van der Waals surface area contributed by atoms with E-state index in [-0.39, 0.29) is 17.9 Å². The Balaban J connectivity index is 3.00. The summed E-state index contributed by atoms with van der Waals surface area (Å²) in [4.78, 5) is 27.0. The summed E-state index contributed by atoms with van der Waals surface area (Å²) in [6.45, 7) is 8.72. The molecule has 0 spiro atoms. The first kappa shape index (κ1) is 17.3. The Morgan fingerprint density at radius 2 is 1.90 bits per heavy atom. The molecule has 20 heavy (non-hydrogen) atoms. The van der Waals surface area contributed by atoms with Gasteiger partial charge in [0.2, 0.25) is 11.8 Å². The molecule has 0 saturated carbocycles. The van der Waals surface area contributed by atoms with Crippen LogP contribution in [0.5, 0.6) is 0 Å². The van der Waals surface area contributed by atoms with E-state index in [4.69, 9.17) is 0 Å². The Bertz CT molecular complexity index is 356. The lowest BCUT2D eigenvalue weighted by atomic mass is 9.86. The van der Waals surface area contributed by atoms with Gasteiger partial charge >= 0.3 is 0 Å². The molecule has 0 radical (unpaired) electrons. The average Bonchev–Trinajstić information content (AvgIpc) is 2.43. The van der Waals surface area contributed by atoms with Crippen molar-refractivity contribution in [2.75, 3.05) is 18.6 Å². The number of carbonyl (C=O) groups excluding carboxylic acids is 2. The SMILES string of the molecule is CCC1C(=O)NC(CC)(CC)C(=O)N1CC(C)CSC. The van der Waals surface area contributed by atoms with Crippen LogP contribution in [0.1, 0.15) is 47.0 Å². The maximum absolute atomic E-state index is 12.9. The van der Waals surface area contributed by atoms with E-state index in [1.807, 2.05) is 25.7 Å². The average molecular weight is 300 g/mol. The molecular weight excluding hydrogens is 272 g/mol. The molecule has 5 heteroatoms. The first-order chi connectivity index (χ1) is 9.45. The summed E-state index contributed by atoms with van der Waals surface area (Å²) in [5, 5.41) is 2.98. The first-order valence-electron chi connectivity index (χ1n) is 7.57. The number of piperazine rings is 1. The number of amides is 2. The Morgan fingerprint density at radius 1 is 1.30 bits per heavy atom. The molecule has 2 atom stereocenters. The molecule has 1 fully saturated rings. The van der Waals surface area contributed by atoms with Gasteiger partial charge in [-0.15, -0.1) is 0 Å². The summed E-state index contributed by atoms with van der Waals surface area (Å²) < 4.78 is 0. The van der Waals surface area contributed by atoms with Gasteiger partial charge in [0.1, 0.15) is 11.6 Å². The zero-order chi connectivity index (χ0) is 15.3. The van der Waals surface area contributed by atoms with E-state index in [1.165, 1.54) is 0 Å². The molecule has 0 bridgehead atoms. The van der Waals surface area contributed by atoms with Gasteiger partial charge in [-0.2, -0.15) is 11.8 Å². The van der Waals surface area contributed by atoms with Crippen LogP contribution in [0.15, 0.2) is 0 Å². The Labute approximate surface area is 127 Å². The van der Waals surface area contributed by atoms with Crippen molar-refractivity contribution in [2.24, 2.45) is 5.92 Å². The van der Waals surface area contributed by atoms with Crippen molar-refractivity contribution in [1.29, 1.82) is 0 Å². The van der Waals surface area contributed by atoms with Gasteiger partial charge in [0.05, 0.1) is 0 Å². The normalized spacial score (nSPS) is 23.6. The minimum atomic E-state index is -0.693. The second-order valence-electron chi connectivity index (χ2n) is 5.72. The molecule has 116 valence electrons. The Hall–Kier alpha value is -0.710. The van der Waals surface area contributed by atoms with E-state index in [2.05, 4.69) is 18.5 Å². The number of nitrogens with one attached hydrogen (secondary N) is 1. The summed E-state index contributed by atoms with van der Waals surface area (Å²) in [6.07, 6.45) is 4.05. The van der Waals surface area contributed by atoms with E-state index in [0.717, 1.165) is 5.75 Å². The van der Waals surface area contributed by atoms with Gasteiger partial charge in [-0.05, 0) is 37.2 Å². The summed E-state index contributed by atoms with van der Waals surface area (Å²) in [5.41, 5.74) is -0.693. The fourth-order valence-corrected chi connectivity index (χ4v) is 3.62. The molecule has 0 aromatic rings. The standard InChI is InChI=1S/C15H28N2O2S/c1-6-12-13(18)16-15(7-2,8-3)14(19)17(12)9-11(4)10-20-5/h11-12H,6-10H2,1-5H3,(H,16,18). The monoisotopic (exact) mass is 300 g/mol. The zero-order valence-corrected chi connectivity index (χ0v) is 14.2. The molecule has 1 saturated heterocycles. The lowest BCUT2D eigenvalue weighted by Crippen LogP contribution is -2.70. The molecule has 4 nitrogen and oxygen atoms in total. The third-order valence-electron chi connectivity index (χ3n) is 4.26. The lowest BCUT2D eigenvalue weighted by Gasteiger charge is -2.46. The maximum atomic E-state index is 12.9. The minimum Gasteiger partial charge on any atom is -0.340 e. The van der Waals surface area contributed by atoms with Gasteiger partial charge in [0, 0.05) is 6.54 Å². The summed E-state index contributed by atoms with van der Waals surface area (Å²) in [6, 6.07) is -0.307. The summed E-state index contributed by atoms with van der Waals surface area (Å²) in [7, 11) is 0. The highest BCUT2D eigenvalue weighted by molar-refractivity contribution is 7.98. The van der Waals surface area contributed by atoms with Crippen LogP contribution < -0.4 is 5.32 Å². The van der Waals surface area contributed by atoms with Crippen LogP contribution in [-0.4, -0.2) is 46.8 Å². The highest BCUT2D eigenvalue weighted by atomic mass is 32.2. The van der Waals surface area contributed by atoms with Gasteiger partial charge in [-0.25, -0.2) is 0 Å². The van der Waals surface area contributed by atoms with Gasteiger partial charge in [-0.1, -0.05) is 27.7 Å². The minimum absolute atomic E-state index is 0.00662. The quantitative estimate of drug-likeness (QED) is 0.785. The van der Waals surface area contributed by atoms with Crippen molar-refractivity contribution in [1.82, 2.24) is 10.2 Å². The molecule has 1 aliphatic heterocycles. The smallest absolute Gasteiger partial charge is 0.248 e. The number of hydrogen-bond donors (Lipinski definition) is 1. The van der Waals surface area contributed by atoms with Gasteiger partial charge in [0.15, 0.2) is 0 Å². The Morgan fingerprint density at radius 3 is 2.35 bits per heavy atom. The number of thioether (sulfide) groups is 1. The largest absolute Gasteiger partial charge is 0.340 e.